The number of hydrogen-bond donors (Lipinski definition) is 1. The highest BCUT2D eigenvalue weighted by molar-refractivity contribution is 5.34. The Balaban J connectivity index is 2.41. The van der Waals surface area contributed by atoms with E-state index in [0.29, 0.717) is 0 Å². The van der Waals surface area contributed by atoms with Gasteiger partial charge >= 0.3 is 0 Å². The largest absolute Gasteiger partial charge is 0.389 e. The summed E-state index contributed by atoms with van der Waals surface area (Å²) in [5.74, 6) is 0. The Morgan fingerprint density at radius 1 is 1.40 bits per heavy atom. The van der Waals surface area contributed by atoms with Crippen molar-refractivity contribution in [3.05, 3.63) is 41.7 Å². The van der Waals surface area contributed by atoms with Crippen LogP contribution in [0.4, 0.5) is 0 Å². The van der Waals surface area contributed by atoms with Gasteiger partial charge in [-0.1, -0.05) is 12.1 Å². The molecule has 2 aromatic rings. The summed E-state index contributed by atoms with van der Waals surface area (Å²) in [4.78, 5) is 1.56. The van der Waals surface area contributed by atoms with E-state index in [2.05, 4.69) is 10.2 Å². The van der Waals surface area contributed by atoms with E-state index in [4.69, 9.17) is 0 Å². The maximum absolute atomic E-state index is 9.45. The monoisotopic (exact) mass is 203 g/mol. The lowest BCUT2D eigenvalue weighted by Gasteiger charge is -2.06. The second-order valence-electron chi connectivity index (χ2n) is 3.55. The molecule has 78 valence electrons. The summed E-state index contributed by atoms with van der Waals surface area (Å²) >= 11 is 0. The number of aromatic nitrogens is 3. The first-order valence-corrected chi connectivity index (χ1v) is 4.84. The lowest BCUT2D eigenvalue weighted by Crippen LogP contribution is -2.00. The number of aliphatic hydroxyl groups excluding tert-OH is 1. The minimum Gasteiger partial charge on any atom is -0.389 e. The molecule has 1 atom stereocenters. The summed E-state index contributed by atoms with van der Waals surface area (Å²) in [6.07, 6.45) is 1.23. The first kappa shape index (κ1) is 9.86. The van der Waals surface area contributed by atoms with Crippen molar-refractivity contribution in [1.29, 1.82) is 0 Å². The van der Waals surface area contributed by atoms with E-state index >= 15 is 0 Å². The van der Waals surface area contributed by atoms with E-state index in [1.807, 2.05) is 31.2 Å². The Bertz CT molecular complexity index is 462. The Labute approximate surface area is 88.2 Å². The van der Waals surface area contributed by atoms with Crippen molar-refractivity contribution in [3.8, 4) is 5.69 Å². The number of hydrogen-bond acceptors (Lipinski definition) is 3. The van der Waals surface area contributed by atoms with Crippen LogP contribution in [0.15, 0.2) is 30.5 Å². The Kier molecular flexibility index (Phi) is 2.51. The van der Waals surface area contributed by atoms with Crippen LogP contribution < -0.4 is 0 Å². The van der Waals surface area contributed by atoms with Crippen LogP contribution in [0.3, 0.4) is 0 Å². The molecule has 0 bridgehead atoms. The number of rotatable bonds is 2. The van der Waals surface area contributed by atoms with Crippen LogP contribution in [0.25, 0.3) is 5.69 Å². The van der Waals surface area contributed by atoms with Gasteiger partial charge < -0.3 is 5.11 Å². The number of aliphatic hydroxyl groups is 1. The Hall–Kier alpha value is -1.68. The number of aryl methyl sites for hydroxylation is 1. The van der Waals surface area contributed by atoms with Crippen LogP contribution in [-0.2, 0) is 0 Å². The van der Waals surface area contributed by atoms with E-state index in [1.165, 1.54) is 0 Å². The fourth-order valence-corrected chi connectivity index (χ4v) is 1.37. The summed E-state index contributed by atoms with van der Waals surface area (Å²) in [6, 6.07) is 7.55. The van der Waals surface area contributed by atoms with Crippen LogP contribution in [-0.4, -0.2) is 20.1 Å². The molecule has 0 saturated heterocycles. The van der Waals surface area contributed by atoms with Crippen LogP contribution in [0, 0.1) is 6.92 Å². The molecule has 4 nitrogen and oxygen atoms in total. The molecule has 0 fully saturated rings. The second-order valence-corrected chi connectivity index (χ2v) is 3.55. The molecule has 2 rings (SSSR count). The van der Waals surface area contributed by atoms with E-state index in [9.17, 15) is 5.11 Å². The van der Waals surface area contributed by atoms with Gasteiger partial charge in [-0.25, -0.2) is 0 Å². The normalized spacial score (nSPS) is 12.7. The van der Waals surface area contributed by atoms with Gasteiger partial charge in [-0.05, 0) is 31.5 Å². The molecule has 1 aromatic carbocycles. The molecule has 0 aliphatic carbocycles. The van der Waals surface area contributed by atoms with Crippen molar-refractivity contribution in [3.63, 3.8) is 0 Å². The van der Waals surface area contributed by atoms with Gasteiger partial charge in [-0.15, -0.1) is 0 Å². The van der Waals surface area contributed by atoms with Gasteiger partial charge in [0.1, 0.15) is 0 Å². The van der Waals surface area contributed by atoms with Crippen LogP contribution in [0.5, 0.6) is 0 Å². The standard InChI is InChI=1S/C11H13N3O/c1-8-7-12-14(13-8)11-5-3-4-10(6-11)9(2)15/h3-7,9,15H,1-2H3. The summed E-state index contributed by atoms with van der Waals surface area (Å²) < 4.78 is 0. The fraction of sp³-hybridized carbons (Fsp3) is 0.273. The van der Waals surface area contributed by atoms with Crippen molar-refractivity contribution in [2.24, 2.45) is 0 Å². The molecule has 0 radical (unpaired) electrons. The van der Waals surface area contributed by atoms with Gasteiger partial charge in [-0.2, -0.15) is 15.0 Å². The van der Waals surface area contributed by atoms with Gasteiger partial charge in [0.2, 0.25) is 0 Å². The van der Waals surface area contributed by atoms with Gasteiger partial charge in [-0.3, -0.25) is 0 Å². The molecule has 0 saturated carbocycles. The zero-order chi connectivity index (χ0) is 10.8. The smallest absolute Gasteiger partial charge is 0.0860 e. The summed E-state index contributed by atoms with van der Waals surface area (Å²) in [6.45, 7) is 3.63. The molecule has 1 N–H and O–H groups in total. The highest BCUT2D eigenvalue weighted by atomic mass is 16.3. The molecule has 15 heavy (non-hydrogen) atoms. The minimum absolute atomic E-state index is 0.471. The molecule has 1 heterocycles. The minimum atomic E-state index is -0.471. The zero-order valence-corrected chi connectivity index (χ0v) is 8.75. The topological polar surface area (TPSA) is 50.9 Å². The Morgan fingerprint density at radius 3 is 2.80 bits per heavy atom. The van der Waals surface area contributed by atoms with Crippen molar-refractivity contribution < 1.29 is 5.11 Å². The number of benzene rings is 1. The molecule has 0 aliphatic rings. The number of nitrogens with zero attached hydrogens (tertiary/aromatic N) is 3. The summed E-state index contributed by atoms with van der Waals surface area (Å²) in [5, 5.41) is 17.8. The molecular weight excluding hydrogens is 190 g/mol. The molecular formula is C11H13N3O. The second kappa shape index (κ2) is 3.82. The molecule has 0 spiro atoms. The average Bonchev–Trinajstić information content (AvgIpc) is 2.65. The predicted octanol–water partition coefficient (Wildman–Crippen LogP) is 1.63. The fourth-order valence-electron chi connectivity index (χ4n) is 1.37. The highest BCUT2D eigenvalue weighted by Gasteiger charge is 2.04. The van der Waals surface area contributed by atoms with Gasteiger partial charge in [0.25, 0.3) is 0 Å². The van der Waals surface area contributed by atoms with Crippen LogP contribution in [0.2, 0.25) is 0 Å². The first-order valence-electron chi connectivity index (χ1n) is 4.84. The predicted molar refractivity (Wildman–Crippen MR) is 56.7 cm³/mol. The van der Waals surface area contributed by atoms with Crippen molar-refractivity contribution >= 4 is 0 Å². The van der Waals surface area contributed by atoms with Crippen LogP contribution >= 0.6 is 0 Å². The zero-order valence-electron chi connectivity index (χ0n) is 8.75. The maximum atomic E-state index is 9.45. The van der Waals surface area contributed by atoms with Crippen LogP contribution in [0.1, 0.15) is 24.3 Å². The highest BCUT2D eigenvalue weighted by Crippen LogP contribution is 2.15. The van der Waals surface area contributed by atoms with E-state index < -0.39 is 6.10 Å². The van der Waals surface area contributed by atoms with Crippen molar-refractivity contribution in [1.82, 2.24) is 15.0 Å². The molecule has 1 unspecified atom stereocenters. The maximum Gasteiger partial charge on any atom is 0.0860 e. The molecule has 0 amide bonds. The third kappa shape index (κ3) is 2.05. The molecule has 0 aliphatic heterocycles. The summed E-state index contributed by atoms with van der Waals surface area (Å²) in [7, 11) is 0. The van der Waals surface area contributed by atoms with Gasteiger partial charge in [0.15, 0.2) is 0 Å². The van der Waals surface area contributed by atoms with E-state index in [-0.39, 0.29) is 0 Å². The first-order chi connectivity index (χ1) is 7.16. The third-order valence-electron chi connectivity index (χ3n) is 2.19. The third-order valence-corrected chi connectivity index (χ3v) is 2.19. The lowest BCUT2D eigenvalue weighted by molar-refractivity contribution is 0.199. The lowest BCUT2D eigenvalue weighted by atomic mass is 10.1. The van der Waals surface area contributed by atoms with E-state index in [0.717, 1.165) is 16.9 Å². The van der Waals surface area contributed by atoms with Gasteiger partial charge in [0, 0.05) is 0 Å². The summed E-state index contributed by atoms with van der Waals surface area (Å²) in [5.41, 5.74) is 2.60. The quantitative estimate of drug-likeness (QED) is 0.807. The molecule has 4 heteroatoms. The Morgan fingerprint density at radius 2 is 2.20 bits per heavy atom. The van der Waals surface area contributed by atoms with E-state index in [1.54, 1.807) is 17.9 Å². The SMILES string of the molecule is Cc1cnn(-c2cccc(C(C)O)c2)n1. The van der Waals surface area contributed by atoms with Gasteiger partial charge in [0.05, 0.1) is 23.7 Å². The van der Waals surface area contributed by atoms with Crippen molar-refractivity contribution in [2.45, 2.75) is 20.0 Å². The average molecular weight is 203 g/mol. The molecule has 1 aromatic heterocycles. The van der Waals surface area contributed by atoms with Crippen molar-refractivity contribution in [2.75, 3.05) is 0 Å².